The van der Waals surface area contributed by atoms with Gasteiger partial charge in [0.15, 0.2) is 0 Å². The zero-order chi connectivity index (χ0) is 14.4. The summed E-state index contributed by atoms with van der Waals surface area (Å²) in [5.41, 5.74) is 1.20. The summed E-state index contributed by atoms with van der Waals surface area (Å²) < 4.78 is 5.19. The van der Waals surface area contributed by atoms with E-state index in [1.807, 2.05) is 17.0 Å². The van der Waals surface area contributed by atoms with Crippen molar-refractivity contribution >= 4 is 5.91 Å². The highest BCUT2D eigenvalue weighted by Gasteiger charge is 2.22. The number of hydrogen-bond donors (Lipinski definition) is 1. The molecule has 4 heteroatoms. The molecule has 0 aromatic heterocycles. The number of likely N-dealkylation sites (N-methyl/N-ethyl adjacent to an activating group) is 1. The van der Waals surface area contributed by atoms with E-state index in [0.717, 1.165) is 38.2 Å². The van der Waals surface area contributed by atoms with Gasteiger partial charge in [0, 0.05) is 25.6 Å². The number of nitrogens with one attached hydrogen (secondary N) is 1. The molecule has 4 nitrogen and oxygen atoms in total. The van der Waals surface area contributed by atoms with Gasteiger partial charge in [0.1, 0.15) is 5.75 Å². The van der Waals surface area contributed by atoms with Crippen molar-refractivity contribution < 1.29 is 9.53 Å². The van der Waals surface area contributed by atoms with Crippen LogP contribution in [0.3, 0.4) is 0 Å². The molecule has 1 aromatic carbocycles. The number of carbonyl (C=O) groups is 1. The van der Waals surface area contributed by atoms with E-state index in [1.165, 1.54) is 5.56 Å². The van der Waals surface area contributed by atoms with E-state index in [0.29, 0.717) is 6.42 Å². The first-order valence-electron chi connectivity index (χ1n) is 7.39. The number of piperidine rings is 1. The summed E-state index contributed by atoms with van der Waals surface area (Å²) in [6.07, 6.45) is 2.85. The van der Waals surface area contributed by atoms with Gasteiger partial charge in [-0.05, 0) is 37.1 Å². The average Bonchev–Trinajstić information content (AvgIpc) is 2.49. The standard InChI is InChI=1S/C16H24N2O2/c1-3-17-15(12-18-11-5-4-6-16(18)19)13-7-9-14(20-2)10-8-13/h7-10,15,17H,3-6,11-12H2,1-2H3. The lowest BCUT2D eigenvalue weighted by Crippen LogP contribution is -2.41. The summed E-state index contributed by atoms with van der Waals surface area (Å²) in [5.74, 6) is 1.14. The van der Waals surface area contributed by atoms with Crippen LogP contribution in [0.1, 0.15) is 37.8 Å². The Kier molecular flexibility index (Phi) is 5.41. The summed E-state index contributed by atoms with van der Waals surface area (Å²) in [7, 11) is 1.67. The number of benzene rings is 1. The molecule has 0 saturated carbocycles. The van der Waals surface area contributed by atoms with Crippen LogP contribution in [0.15, 0.2) is 24.3 Å². The van der Waals surface area contributed by atoms with Crippen molar-refractivity contribution in [2.24, 2.45) is 0 Å². The molecule has 0 spiro atoms. The van der Waals surface area contributed by atoms with Gasteiger partial charge >= 0.3 is 0 Å². The second-order valence-electron chi connectivity index (χ2n) is 5.18. The fraction of sp³-hybridized carbons (Fsp3) is 0.562. The lowest BCUT2D eigenvalue weighted by molar-refractivity contribution is -0.133. The molecule has 1 N–H and O–H groups in total. The van der Waals surface area contributed by atoms with Gasteiger partial charge in [0.2, 0.25) is 5.91 Å². The Hall–Kier alpha value is -1.55. The third-order valence-corrected chi connectivity index (χ3v) is 3.79. The first kappa shape index (κ1) is 14.9. The van der Waals surface area contributed by atoms with Crippen molar-refractivity contribution in [1.29, 1.82) is 0 Å². The predicted octanol–water partition coefficient (Wildman–Crippen LogP) is 2.36. The van der Waals surface area contributed by atoms with Gasteiger partial charge < -0.3 is 15.0 Å². The monoisotopic (exact) mass is 276 g/mol. The lowest BCUT2D eigenvalue weighted by atomic mass is 10.0. The van der Waals surface area contributed by atoms with Crippen LogP contribution in [0.5, 0.6) is 5.75 Å². The van der Waals surface area contributed by atoms with Crippen LogP contribution >= 0.6 is 0 Å². The number of methoxy groups -OCH3 is 1. The minimum absolute atomic E-state index is 0.188. The van der Waals surface area contributed by atoms with E-state index in [2.05, 4.69) is 24.4 Å². The number of amides is 1. The van der Waals surface area contributed by atoms with Gasteiger partial charge in [-0.1, -0.05) is 19.1 Å². The van der Waals surface area contributed by atoms with Crippen LogP contribution in [-0.4, -0.2) is 37.6 Å². The third-order valence-electron chi connectivity index (χ3n) is 3.79. The fourth-order valence-corrected chi connectivity index (χ4v) is 2.65. The van der Waals surface area contributed by atoms with E-state index in [9.17, 15) is 4.79 Å². The summed E-state index contributed by atoms with van der Waals surface area (Å²) in [6, 6.07) is 8.27. The van der Waals surface area contributed by atoms with Crippen LogP contribution < -0.4 is 10.1 Å². The van der Waals surface area contributed by atoms with Gasteiger partial charge in [-0.15, -0.1) is 0 Å². The molecule has 1 fully saturated rings. The zero-order valence-corrected chi connectivity index (χ0v) is 12.4. The van der Waals surface area contributed by atoms with E-state index < -0.39 is 0 Å². The van der Waals surface area contributed by atoms with Gasteiger partial charge in [-0.25, -0.2) is 0 Å². The molecule has 1 amide bonds. The Morgan fingerprint density at radius 1 is 1.30 bits per heavy atom. The van der Waals surface area contributed by atoms with E-state index in [-0.39, 0.29) is 11.9 Å². The molecule has 0 aliphatic carbocycles. The Bertz CT molecular complexity index is 431. The summed E-state index contributed by atoms with van der Waals surface area (Å²) in [6.45, 7) is 4.61. The van der Waals surface area contributed by atoms with Gasteiger partial charge in [0.05, 0.1) is 7.11 Å². The van der Waals surface area contributed by atoms with Crippen LogP contribution in [0.25, 0.3) is 0 Å². The third kappa shape index (κ3) is 3.73. The lowest BCUT2D eigenvalue weighted by Gasteiger charge is -2.31. The van der Waals surface area contributed by atoms with E-state index >= 15 is 0 Å². The molecule has 1 heterocycles. The average molecular weight is 276 g/mol. The van der Waals surface area contributed by atoms with Crippen LogP contribution in [0, 0.1) is 0 Å². The minimum Gasteiger partial charge on any atom is -0.497 e. The van der Waals surface area contributed by atoms with Gasteiger partial charge in [-0.3, -0.25) is 4.79 Å². The van der Waals surface area contributed by atoms with Crippen molar-refractivity contribution in [3.05, 3.63) is 29.8 Å². The largest absolute Gasteiger partial charge is 0.497 e. The van der Waals surface area contributed by atoms with Gasteiger partial charge in [0.25, 0.3) is 0 Å². The first-order valence-corrected chi connectivity index (χ1v) is 7.39. The number of carbonyl (C=O) groups excluding carboxylic acids is 1. The molecule has 1 atom stereocenters. The number of ether oxygens (including phenoxy) is 1. The molecule has 2 rings (SSSR count). The van der Waals surface area contributed by atoms with E-state index in [4.69, 9.17) is 4.74 Å². The summed E-state index contributed by atoms with van der Waals surface area (Å²) in [5, 5.41) is 3.47. The highest BCUT2D eigenvalue weighted by Crippen LogP contribution is 2.20. The first-order chi connectivity index (χ1) is 9.74. The zero-order valence-electron chi connectivity index (χ0n) is 12.4. The molecular formula is C16H24N2O2. The predicted molar refractivity (Wildman–Crippen MR) is 79.8 cm³/mol. The summed E-state index contributed by atoms with van der Waals surface area (Å²) in [4.78, 5) is 13.9. The van der Waals surface area contributed by atoms with Crippen molar-refractivity contribution in [3.8, 4) is 5.75 Å². The Labute approximate surface area is 121 Å². The molecular weight excluding hydrogens is 252 g/mol. The molecule has 1 aromatic rings. The highest BCUT2D eigenvalue weighted by atomic mass is 16.5. The van der Waals surface area contributed by atoms with Crippen molar-refractivity contribution in [3.63, 3.8) is 0 Å². The maximum absolute atomic E-state index is 11.9. The molecule has 1 aliphatic rings. The Morgan fingerprint density at radius 3 is 2.65 bits per heavy atom. The fourth-order valence-electron chi connectivity index (χ4n) is 2.65. The molecule has 1 unspecified atom stereocenters. The second kappa shape index (κ2) is 7.29. The normalized spacial score (nSPS) is 17.1. The second-order valence-corrected chi connectivity index (χ2v) is 5.18. The number of nitrogens with zero attached hydrogens (tertiary/aromatic N) is 1. The Balaban J connectivity index is 2.06. The molecule has 0 bridgehead atoms. The number of likely N-dealkylation sites (tertiary alicyclic amines) is 1. The Morgan fingerprint density at radius 2 is 2.05 bits per heavy atom. The molecule has 0 radical (unpaired) electrons. The SMILES string of the molecule is CCNC(CN1CCCCC1=O)c1ccc(OC)cc1. The molecule has 1 aliphatic heterocycles. The smallest absolute Gasteiger partial charge is 0.222 e. The number of rotatable bonds is 6. The van der Waals surface area contributed by atoms with Crippen molar-refractivity contribution in [2.75, 3.05) is 26.7 Å². The van der Waals surface area contributed by atoms with Crippen LogP contribution in [-0.2, 0) is 4.79 Å². The molecule has 1 saturated heterocycles. The number of hydrogen-bond acceptors (Lipinski definition) is 3. The highest BCUT2D eigenvalue weighted by molar-refractivity contribution is 5.76. The summed E-state index contributed by atoms with van der Waals surface area (Å²) >= 11 is 0. The van der Waals surface area contributed by atoms with Crippen molar-refractivity contribution in [1.82, 2.24) is 10.2 Å². The maximum atomic E-state index is 11.9. The topological polar surface area (TPSA) is 41.6 Å². The van der Waals surface area contributed by atoms with Crippen LogP contribution in [0.4, 0.5) is 0 Å². The van der Waals surface area contributed by atoms with Crippen molar-refractivity contribution in [2.45, 2.75) is 32.2 Å². The maximum Gasteiger partial charge on any atom is 0.222 e. The minimum atomic E-state index is 0.188. The van der Waals surface area contributed by atoms with Crippen LogP contribution in [0.2, 0.25) is 0 Å². The quantitative estimate of drug-likeness (QED) is 0.867. The molecule has 110 valence electrons. The van der Waals surface area contributed by atoms with Gasteiger partial charge in [-0.2, -0.15) is 0 Å². The molecule has 20 heavy (non-hydrogen) atoms. The van der Waals surface area contributed by atoms with E-state index in [1.54, 1.807) is 7.11 Å².